The minimum Gasteiger partial charge on any atom is -0.465 e. The Bertz CT molecular complexity index is 1160. The van der Waals surface area contributed by atoms with Crippen LogP contribution in [0.15, 0.2) is 70.8 Å². The molecule has 30 heavy (non-hydrogen) atoms. The minimum absolute atomic E-state index is 0.0943. The second-order valence-corrected chi connectivity index (χ2v) is 6.81. The number of esters is 1. The average molecular weight is 423 g/mol. The van der Waals surface area contributed by atoms with Crippen LogP contribution < -0.4 is 10.2 Å². The molecule has 0 unspecified atom stereocenters. The third kappa shape index (κ3) is 3.70. The van der Waals surface area contributed by atoms with E-state index in [4.69, 9.17) is 16.0 Å². The number of ether oxygens (including phenoxy) is 1. The van der Waals surface area contributed by atoms with E-state index in [2.05, 4.69) is 10.1 Å². The SMILES string of the molecule is COC(=O)c1ccc(-c2ccc(/C=C3/NC(=O)N(c4ccc(Cl)cc4)C3=O)o2)cc1. The minimum atomic E-state index is -0.557. The quantitative estimate of drug-likeness (QED) is 0.380. The number of amides is 3. The molecule has 1 aliphatic heterocycles. The van der Waals surface area contributed by atoms with Crippen LogP contribution in [0.1, 0.15) is 16.1 Å². The van der Waals surface area contributed by atoms with Gasteiger partial charge in [0.05, 0.1) is 18.4 Å². The number of methoxy groups -OCH3 is 1. The van der Waals surface area contributed by atoms with Crippen molar-refractivity contribution in [3.63, 3.8) is 0 Å². The number of carbonyl (C=O) groups is 3. The fourth-order valence-electron chi connectivity index (χ4n) is 2.98. The molecule has 4 rings (SSSR count). The molecule has 7 nitrogen and oxygen atoms in total. The summed E-state index contributed by atoms with van der Waals surface area (Å²) in [7, 11) is 1.32. The Hall–Kier alpha value is -3.84. The largest absolute Gasteiger partial charge is 0.465 e. The smallest absolute Gasteiger partial charge is 0.337 e. The van der Waals surface area contributed by atoms with Crippen LogP contribution in [0.25, 0.3) is 17.4 Å². The van der Waals surface area contributed by atoms with Crippen LogP contribution in [0.2, 0.25) is 5.02 Å². The zero-order chi connectivity index (χ0) is 21.3. The van der Waals surface area contributed by atoms with Crippen LogP contribution >= 0.6 is 11.6 Å². The molecule has 2 aromatic carbocycles. The molecule has 150 valence electrons. The second-order valence-electron chi connectivity index (χ2n) is 6.38. The monoisotopic (exact) mass is 422 g/mol. The Balaban J connectivity index is 1.55. The van der Waals surface area contributed by atoms with Gasteiger partial charge in [-0.2, -0.15) is 0 Å². The van der Waals surface area contributed by atoms with E-state index in [1.165, 1.54) is 13.2 Å². The van der Waals surface area contributed by atoms with Gasteiger partial charge >= 0.3 is 12.0 Å². The maximum Gasteiger partial charge on any atom is 0.337 e. The number of imide groups is 1. The first-order valence-electron chi connectivity index (χ1n) is 8.87. The molecule has 0 spiro atoms. The van der Waals surface area contributed by atoms with Crippen molar-refractivity contribution >= 4 is 41.3 Å². The van der Waals surface area contributed by atoms with Crippen LogP contribution in [-0.4, -0.2) is 25.0 Å². The molecule has 1 saturated heterocycles. The molecule has 0 aliphatic carbocycles. The number of nitrogens with one attached hydrogen (secondary N) is 1. The average Bonchev–Trinajstić information content (AvgIpc) is 3.33. The van der Waals surface area contributed by atoms with Crippen molar-refractivity contribution in [2.45, 2.75) is 0 Å². The van der Waals surface area contributed by atoms with Gasteiger partial charge in [-0.05, 0) is 48.5 Å². The van der Waals surface area contributed by atoms with E-state index >= 15 is 0 Å². The lowest BCUT2D eigenvalue weighted by atomic mass is 10.1. The van der Waals surface area contributed by atoms with Gasteiger partial charge in [0.2, 0.25) is 0 Å². The summed E-state index contributed by atoms with van der Waals surface area (Å²) in [4.78, 5) is 37.5. The topological polar surface area (TPSA) is 88.9 Å². The molecular weight excluding hydrogens is 408 g/mol. The van der Waals surface area contributed by atoms with Crippen molar-refractivity contribution in [1.82, 2.24) is 5.32 Å². The summed E-state index contributed by atoms with van der Waals surface area (Å²) in [6.07, 6.45) is 1.46. The molecule has 3 aromatic rings. The van der Waals surface area contributed by atoms with Gasteiger partial charge in [0, 0.05) is 16.7 Å². The van der Waals surface area contributed by atoms with E-state index in [0.29, 0.717) is 27.8 Å². The van der Waals surface area contributed by atoms with Crippen LogP contribution in [-0.2, 0) is 9.53 Å². The van der Waals surface area contributed by atoms with E-state index in [1.807, 2.05) is 0 Å². The highest BCUT2D eigenvalue weighted by Crippen LogP contribution is 2.27. The number of halogens is 1. The van der Waals surface area contributed by atoms with Crippen molar-refractivity contribution in [3.05, 3.63) is 82.7 Å². The Morgan fingerprint density at radius 2 is 1.73 bits per heavy atom. The number of rotatable bonds is 4. The molecule has 0 atom stereocenters. The molecule has 1 fully saturated rings. The number of anilines is 1. The van der Waals surface area contributed by atoms with Crippen molar-refractivity contribution in [2.24, 2.45) is 0 Å². The first kappa shape index (κ1) is 19.5. The highest BCUT2D eigenvalue weighted by atomic mass is 35.5. The van der Waals surface area contributed by atoms with Crippen molar-refractivity contribution < 1.29 is 23.5 Å². The summed E-state index contributed by atoms with van der Waals surface area (Å²) in [5, 5.41) is 3.05. The standard InChI is InChI=1S/C22H15ClN2O5/c1-29-21(27)14-4-2-13(3-5-14)19-11-10-17(30-19)12-18-20(26)25(22(28)24-18)16-8-6-15(23)7-9-16/h2-12H,1H3,(H,24,28)/b18-12+. The van der Waals surface area contributed by atoms with E-state index < -0.39 is 17.9 Å². The van der Waals surface area contributed by atoms with Gasteiger partial charge in [-0.1, -0.05) is 23.7 Å². The van der Waals surface area contributed by atoms with Gasteiger partial charge in [0.1, 0.15) is 17.2 Å². The lowest BCUT2D eigenvalue weighted by Crippen LogP contribution is -2.30. The van der Waals surface area contributed by atoms with Gasteiger partial charge in [-0.3, -0.25) is 4.79 Å². The van der Waals surface area contributed by atoms with Crippen LogP contribution in [0, 0.1) is 0 Å². The van der Waals surface area contributed by atoms with E-state index in [9.17, 15) is 14.4 Å². The number of carbonyl (C=O) groups excluding carboxylic acids is 3. The van der Waals surface area contributed by atoms with E-state index in [-0.39, 0.29) is 5.70 Å². The van der Waals surface area contributed by atoms with Crippen LogP contribution in [0.3, 0.4) is 0 Å². The van der Waals surface area contributed by atoms with Crippen molar-refractivity contribution in [2.75, 3.05) is 12.0 Å². The number of hydrogen-bond donors (Lipinski definition) is 1. The molecule has 3 amide bonds. The third-order valence-electron chi connectivity index (χ3n) is 4.47. The zero-order valence-electron chi connectivity index (χ0n) is 15.7. The molecular formula is C22H15ClN2O5. The molecule has 2 heterocycles. The van der Waals surface area contributed by atoms with Gasteiger partial charge in [-0.15, -0.1) is 0 Å². The molecule has 1 aromatic heterocycles. The fraction of sp³-hybridized carbons (Fsp3) is 0.0455. The molecule has 1 N–H and O–H groups in total. The number of urea groups is 1. The Morgan fingerprint density at radius 1 is 1.03 bits per heavy atom. The number of nitrogens with zero attached hydrogens (tertiary/aromatic N) is 1. The number of benzene rings is 2. The molecule has 1 aliphatic rings. The van der Waals surface area contributed by atoms with Gasteiger partial charge in [-0.25, -0.2) is 14.5 Å². The highest BCUT2D eigenvalue weighted by Gasteiger charge is 2.35. The van der Waals surface area contributed by atoms with E-state index in [0.717, 1.165) is 10.5 Å². The first-order valence-corrected chi connectivity index (χ1v) is 9.25. The number of furan rings is 1. The fourth-order valence-corrected chi connectivity index (χ4v) is 3.10. The van der Waals surface area contributed by atoms with Crippen LogP contribution in [0.4, 0.5) is 10.5 Å². The van der Waals surface area contributed by atoms with Crippen molar-refractivity contribution in [1.29, 1.82) is 0 Å². The van der Waals surface area contributed by atoms with Crippen LogP contribution in [0.5, 0.6) is 0 Å². The maximum atomic E-state index is 12.7. The molecule has 0 bridgehead atoms. The predicted octanol–water partition coefficient (Wildman–Crippen LogP) is 4.48. The van der Waals surface area contributed by atoms with Gasteiger partial charge in [0.15, 0.2) is 0 Å². The number of hydrogen-bond acceptors (Lipinski definition) is 5. The summed E-state index contributed by atoms with van der Waals surface area (Å²) < 4.78 is 10.4. The highest BCUT2D eigenvalue weighted by molar-refractivity contribution is 6.31. The summed E-state index contributed by atoms with van der Waals surface area (Å²) >= 11 is 5.86. The zero-order valence-corrected chi connectivity index (χ0v) is 16.5. The molecule has 0 saturated carbocycles. The van der Waals surface area contributed by atoms with Crippen molar-refractivity contribution in [3.8, 4) is 11.3 Å². The van der Waals surface area contributed by atoms with E-state index in [1.54, 1.807) is 60.7 Å². The summed E-state index contributed by atoms with van der Waals surface area (Å²) in [5.74, 6) is 0.0168. The maximum absolute atomic E-state index is 12.7. The summed E-state index contributed by atoms with van der Waals surface area (Å²) in [5.41, 5.74) is 1.68. The third-order valence-corrected chi connectivity index (χ3v) is 4.72. The predicted molar refractivity (Wildman–Crippen MR) is 111 cm³/mol. The molecule has 0 radical (unpaired) electrons. The summed E-state index contributed by atoms with van der Waals surface area (Å²) in [6, 6.07) is 16.0. The Morgan fingerprint density at radius 3 is 2.40 bits per heavy atom. The normalized spacial score (nSPS) is 14.9. The molecule has 8 heteroatoms. The summed E-state index contributed by atoms with van der Waals surface area (Å²) in [6.45, 7) is 0. The Kier molecular flexibility index (Phi) is 5.12. The van der Waals surface area contributed by atoms with Gasteiger partial charge in [0.25, 0.3) is 5.91 Å². The second kappa shape index (κ2) is 7.88. The Labute approximate surface area is 176 Å². The first-order chi connectivity index (χ1) is 14.5. The van der Waals surface area contributed by atoms with Gasteiger partial charge < -0.3 is 14.5 Å². The lowest BCUT2D eigenvalue weighted by molar-refractivity contribution is -0.113. The lowest BCUT2D eigenvalue weighted by Gasteiger charge is -2.11.